The molecule has 138 valence electrons. The summed E-state index contributed by atoms with van der Waals surface area (Å²) in [7, 11) is 0. The number of hydrogen-bond donors (Lipinski definition) is 0. The van der Waals surface area contributed by atoms with Gasteiger partial charge >= 0.3 is 0 Å². The third-order valence-electron chi connectivity index (χ3n) is 5.76. The van der Waals surface area contributed by atoms with Gasteiger partial charge < -0.3 is 11.0 Å². The molecule has 1 unspecified atom stereocenters. The second-order valence-corrected chi connectivity index (χ2v) is 8.60. The van der Waals surface area contributed by atoms with Crippen LogP contribution in [0.5, 0.6) is 0 Å². The summed E-state index contributed by atoms with van der Waals surface area (Å²) in [5.74, 6) is 0. The van der Waals surface area contributed by atoms with Crippen molar-refractivity contribution in [1.29, 1.82) is 0 Å². The Balaban J connectivity index is 0.00000113. The highest BCUT2D eigenvalue weighted by molar-refractivity contribution is 7.97. The van der Waals surface area contributed by atoms with Crippen molar-refractivity contribution in [3.8, 4) is 0 Å². The monoisotopic (exact) mass is 362 g/mol. The third kappa shape index (κ3) is 3.85. The number of pyridine rings is 1. The van der Waals surface area contributed by atoms with Crippen molar-refractivity contribution in [3.63, 3.8) is 0 Å². The lowest BCUT2D eigenvalue weighted by atomic mass is 9.67. The van der Waals surface area contributed by atoms with Gasteiger partial charge in [0.15, 0.2) is 0 Å². The Kier molecular flexibility index (Phi) is 6.49. The minimum Gasteiger partial charge on any atom is -0.412 e. The molecule has 25 heavy (non-hydrogen) atoms. The number of nitrogens with zero attached hydrogens (tertiary/aromatic N) is 2. The van der Waals surface area contributed by atoms with Crippen molar-refractivity contribution in [3.05, 3.63) is 36.0 Å². The molecule has 4 nitrogen and oxygen atoms in total. The molecule has 1 aromatic heterocycles. The molecule has 1 aliphatic carbocycles. The number of benzene rings is 1. The van der Waals surface area contributed by atoms with Crippen LogP contribution in [0.15, 0.2) is 35.4 Å². The molecule has 2 aromatic rings. The fourth-order valence-corrected chi connectivity index (χ4v) is 5.55. The SMILES string of the molecule is CCCC1CC2(CCC2)CN1Sc1ccc2c(C)ccnc2c1.O.O. The molecule has 1 aromatic carbocycles. The van der Waals surface area contributed by atoms with E-state index in [2.05, 4.69) is 47.4 Å². The molecule has 0 amide bonds. The van der Waals surface area contributed by atoms with Gasteiger partial charge in [-0.25, -0.2) is 4.31 Å². The quantitative estimate of drug-likeness (QED) is 0.773. The van der Waals surface area contributed by atoms with Crippen LogP contribution in [0, 0.1) is 12.3 Å². The molecule has 5 heteroatoms. The van der Waals surface area contributed by atoms with Gasteiger partial charge in [0.1, 0.15) is 0 Å². The fraction of sp³-hybridized carbons (Fsp3) is 0.550. The van der Waals surface area contributed by atoms with Crippen molar-refractivity contribution >= 4 is 22.9 Å². The minimum absolute atomic E-state index is 0. The third-order valence-corrected chi connectivity index (χ3v) is 6.88. The summed E-state index contributed by atoms with van der Waals surface area (Å²) in [6.07, 6.45) is 10.3. The van der Waals surface area contributed by atoms with E-state index in [0.29, 0.717) is 5.41 Å². The van der Waals surface area contributed by atoms with Crippen molar-refractivity contribution in [2.75, 3.05) is 6.54 Å². The first kappa shape index (κ1) is 20.2. The maximum atomic E-state index is 4.56. The highest BCUT2D eigenvalue weighted by Crippen LogP contribution is 2.53. The van der Waals surface area contributed by atoms with Crippen molar-refractivity contribution in [1.82, 2.24) is 9.29 Å². The van der Waals surface area contributed by atoms with Crippen LogP contribution in [0.2, 0.25) is 0 Å². The van der Waals surface area contributed by atoms with E-state index >= 15 is 0 Å². The van der Waals surface area contributed by atoms with E-state index in [1.165, 1.54) is 60.9 Å². The molecule has 0 bridgehead atoms. The van der Waals surface area contributed by atoms with E-state index in [1.54, 1.807) is 0 Å². The lowest BCUT2D eigenvalue weighted by Gasteiger charge is -2.38. The second kappa shape index (κ2) is 8.04. The normalized spacial score (nSPS) is 21.6. The zero-order chi connectivity index (χ0) is 15.9. The molecule has 1 spiro atoms. The first-order valence-electron chi connectivity index (χ1n) is 8.99. The van der Waals surface area contributed by atoms with Crippen molar-refractivity contribution < 1.29 is 11.0 Å². The van der Waals surface area contributed by atoms with Crippen LogP contribution in [-0.4, -0.2) is 32.8 Å². The van der Waals surface area contributed by atoms with Crippen LogP contribution >= 0.6 is 11.9 Å². The van der Waals surface area contributed by atoms with E-state index in [-0.39, 0.29) is 11.0 Å². The maximum Gasteiger partial charge on any atom is 0.0716 e. The number of hydrogen-bond acceptors (Lipinski definition) is 3. The number of aryl methyl sites for hydroxylation is 1. The number of aromatic nitrogens is 1. The van der Waals surface area contributed by atoms with Gasteiger partial charge in [-0.2, -0.15) is 0 Å². The standard InChI is InChI=1S/C20H26N2S.2H2O/c1-3-5-16-13-20(9-4-10-20)14-22(16)23-17-6-7-18-15(2)8-11-21-19(18)12-17;;/h6-8,11-12,16H,3-5,9-10,13-14H2,1-2H3;2*1H2. The average Bonchev–Trinajstić information content (AvgIpc) is 2.87. The topological polar surface area (TPSA) is 79.1 Å². The number of rotatable bonds is 4. The van der Waals surface area contributed by atoms with E-state index in [1.807, 2.05) is 18.1 Å². The average molecular weight is 363 g/mol. The lowest BCUT2D eigenvalue weighted by molar-refractivity contribution is 0.153. The molecule has 4 N–H and O–H groups in total. The largest absolute Gasteiger partial charge is 0.412 e. The van der Waals surface area contributed by atoms with Gasteiger partial charge in [0.2, 0.25) is 0 Å². The summed E-state index contributed by atoms with van der Waals surface area (Å²) in [6, 6.07) is 9.63. The highest BCUT2D eigenvalue weighted by Gasteiger charge is 2.47. The summed E-state index contributed by atoms with van der Waals surface area (Å²) in [5.41, 5.74) is 3.09. The van der Waals surface area contributed by atoms with Crippen molar-refractivity contribution in [2.45, 2.75) is 63.3 Å². The van der Waals surface area contributed by atoms with Crippen molar-refractivity contribution in [2.24, 2.45) is 5.41 Å². The molecule has 1 atom stereocenters. The second-order valence-electron chi connectivity index (χ2n) is 7.47. The van der Waals surface area contributed by atoms with Gasteiger partial charge in [0, 0.05) is 29.1 Å². The first-order chi connectivity index (χ1) is 11.2. The molecule has 2 heterocycles. The van der Waals surface area contributed by atoms with Crippen LogP contribution in [0.4, 0.5) is 0 Å². The zero-order valence-electron chi connectivity index (χ0n) is 15.2. The van der Waals surface area contributed by atoms with Gasteiger partial charge in [-0.3, -0.25) is 4.98 Å². The highest BCUT2D eigenvalue weighted by atomic mass is 32.2. The molecule has 4 rings (SSSR count). The predicted molar refractivity (Wildman–Crippen MR) is 106 cm³/mol. The van der Waals surface area contributed by atoms with Gasteiger partial charge in [-0.15, -0.1) is 0 Å². The first-order valence-corrected chi connectivity index (χ1v) is 9.76. The van der Waals surface area contributed by atoms with Gasteiger partial charge in [-0.1, -0.05) is 25.8 Å². The summed E-state index contributed by atoms with van der Waals surface area (Å²) < 4.78 is 2.68. The van der Waals surface area contributed by atoms with Crippen LogP contribution in [0.3, 0.4) is 0 Å². The van der Waals surface area contributed by atoms with E-state index < -0.39 is 0 Å². The van der Waals surface area contributed by atoms with Gasteiger partial charge in [0.05, 0.1) is 5.52 Å². The number of fused-ring (bicyclic) bond motifs is 1. The van der Waals surface area contributed by atoms with Crippen LogP contribution in [0.1, 0.15) is 51.0 Å². The Morgan fingerprint density at radius 3 is 2.72 bits per heavy atom. The Bertz CT molecular complexity index is 718. The van der Waals surface area contributed by atoms with Crippen LogP contribution < -0.4 is 0 Å². The smallest absolute Gasteiger partial charge is 0.0716 e. The Labute approximate surface area is 154 Å². The Hall–Kier alpha value is -1.14. The predicted octanol–water partition coefficient (Wildman–Crippen LogP) is 3.95. The molecule has 0 radical (unpaired) electrons. The Morgan fingerprint density at radius 2 is 2.04 bits per heavy atom. The zero-order valence-corrected chi connectivity index (χ0v) is 16.0. The molecule has 1 saturated carbocycles. The van der Waals surface area contributed by atoms with E-state index in [9.17, 15) is 0 Å². The maximum absolute atomic E-state index is 4.56. The molecule has 2 aliphatic rings. The molecular formula is C20H30N2O2S. The van der Waals surface area contributed by atoms with Crippen LogP contribution in [0.25, 0.3) is 10.9 Å². The summed E-state index contributed by atoms with van der Waals surface area (Å²) in [6.45, 7) is 5.76. The minimum atomic E-state index is 0. The van der Waals surface area contributed by atoms with Gasteiger partial charge in [-0.05, 0) is 73.7 Å². The van der Waals surface area contributed by atoms with Gasteiger partial charge in [0.25, 0.3) is 0 Å². The Morgan fingerprint density at radius 1 is 1.24 bits per heavy atom. The summed E-state index contributed by atoms with van der Waals surface area (Å²) in [5, 5.41) is 1.28. The molecule has 2 fully saturated rings. The lowest BCUT2D eigenvalue weighted by Crippen LogP contribution is -2.31. The molecular weight excluding hydrogens is 332 g/mol. The van der Waals surface area contributed by atoms with E-state index in [4.69, 9.17) is 0 Å². The fourth-order valence-electron chi connectivity index (χ4n) is 4.31. The summed E-state index contributed by atoms with van der Waals surface area (Å²) >= 11 is 1.96. The van der Waals surface area contributed by atoms with Crippen LogP contribution in [-0.2, 0) is 0 Å². The summed E-state index contributed by atoms with van der Waals surface area (Å²) in [4.78, 5) is 5.90. The molecule has 1 aliphatic heterocycles. The molecule has 1 saturated heterocycles. The van der Waals surface area contributed by atoms with E-state index in [0.717, 1.165) is 11.6 Å².